The van der Waals surface area contributed by atoms with Crippen molar-refractivity contribution < 1.29 is 42.4 Å². The predicted octanol–water partition coefficient (Wildman–Crippen LogP) is 8.12. The van der Waals surface area contributed by atoms with Crippen molar-refractivity contribution in [1.29, 1.82) is 0 Å². The molecular weight excluding hydrogens is 621 g/mol. The molecule has 0 aliphatic carbocycles. The summed E-state index contributed by atoms with van der Waals surface area (Å²) in [6.45, 7) is 6.52. The fourth-order valence-electron chi connectivity index (χ4n) is 5.19. The van der Waals surface area contributed by atoms with Gasteiger partial charge in [0, 0.05) is 6.42 Å². The molecule has 0 fully saturated rings. The van der Waals surface area contributed by atoms with E-state index in [2.05, 4.69) is 55.6 Å². The fraction of sp³-hybridized carbons (Fsp3) is 0.385. The summed E-state index contributed by atoms with van der Waals surface area (Å²) in [6.07, 6.45) is 0.735. The summed E-state index contributed by atoms with van der Waals surface area (Å²) < 4.78 is 48.0. The highest BCUT2D eigenvalue weighted by Gasteiger charge is 2.25. The minimum Gasteiger partial charge on any atom is -0.462 e. The van der Waals surface area contributed by atoms with Crippen LogP contribution in [-0.4, -0.2) is 54.8 Å². The second-order valence-corrected chi connectivity index (χ2v) is 11.8. The van der Waals surface area contributed by atoms with Gasteiger partial charge < -0.3 is 19.7 Å². The minimum absolute atomic E-state index is 0.0270. The van der Waals surface area contributed by atoms with Crippen LogP contribution in [0, 0.1) is 0 Å². The number of aryl methyl sites for hydroxylation is 3. The second kappa shape index (κ2) is 19.6. The number of benzene rings is 3. The summed E-state index contributed by atoms with van der Waals surface area (Å²) in [4.78, 5) is 23.3. The molecule has 0 saturated carbocycles. The van der Waals surface area contributed by atoms with Crippen molar-refractivity contribution in [1.82, 2.24) is 0 Å². The molecule has 3 rings (SSSR count). The summed E-state index contributed by atoms with van der Waals surface area (Å²) in [5.41, 5.74) is 7.58. The van der Waals surface area contributed by atoms with E-state index in [1.54, 1.807) is 0 Å². The summed E-state index contributed by atoms with van der Waals surface area (Å²) >= 11 is 0. The van der Waals surface area contributed by atoms with E-state index in [9.17, 15) is 22.8 Å². The number of ether oxygens (including phenoxy) is 2. The number of aliphatic hydroxyl groups excluding tert-OH is 2. The second-order valence-electron chi connectivity index (χ2n) is 11.8. The summed E-state index contributed by atoms with van der Waals surface area (Å²) in [5.74, 6) is -1.19. The van der Waals surface area contributed by atoms with E-state index in [1.807, 2.05) is 24.3 Å². The molecule has 0 aliphatic heterocycles. The Hall–Kier alpha value is -4.21. The van der Waals surface area contributed by atoms with E-state index in [0.29, 0.717) is 32.1 Å². The SMILES string of the molecule is C=C(CO)C(=O)OCCCc1ccc(-c2ccc(-c3ccc(CCCOC(=O)C(=C)CO)cc3)c(CCCCCCC(F)(F)F)c2)cc1. The molecule has 0 aliphatic rings. The standard InChI is InChI=1S/C39H45F3O6/c1-28(26-43)37(45)47-23-7-9-30-12-16-32(17-13-30)34-20-21-36(35(25-34)11-5-3-4-6-22-39(40,41)42)33-18-14-31(15-19-33)10-8-24-48-38(46)29(2)27-44/h12-21,25,43-44H,1-11,22-24,26-27H2. The Morgan fingerprint density at radius 3 is 1.58 bits per heavy atom. The van der Waals surface area contributed by atoms with Gasteiger partial charge in [-0.25, -0.2) is 9.59 Å². The number of rotatable bonds is 20. The first kappa shape index (κ1) is 38.2. The van der Waals surface area contributed by atoms with Gasteiger partial charge in [-0.05, 0) is 83.9 Å². The van der Waals surface area contributed by atoms with Gasteiger partial charge in [0.2, 0.25) is 0 Å². The topological polar surface area (TPSA) is 93.1 Å². The number of hydrogen-bond acceptors (Lipinski definition) is 6. The quantitative estimate of drug-likeness (QED) is 0.0719. The highest BCUT2D eigenvalue weighted by Crippen LogP contribution is 2.31. The third-order valence-corrected chi connectivity index (χ3v) is 7.96. The molecule has 0 aromatic heterocycles. The lowest BCUT2D eigenvalue weighted by molar-refractivity contribution is -0.140. The Morgan fingerprint density at radius 1 is 0.604 bits per heavy atom. The molecule has 9 heteroatoms. The zero-order valence-electron chi connectivity index (χ0n) is 27.3. The predicted molar refractivity (Wildman–Crippen MR) is 181 cm³/mol. The first-order valence-electron chi connectivity index (χ1n) is 16.3. The Labute approximate surface area is 280 Å². The normalized spacial score (nSPS) is 11.3. The number of hydrogen-bond donors (Lipinski definition) is 2. The third kappa shape index (κ3) is 13.1. The third-order valence-electron chi connectivity index (χ3n) is 7.96. The van der Waals surface area contributed by atoms with Crippen LogP contribution in [0.15, 0.2) is 91.0 Å². The molecule has 0 saturated heterocycles. The fourth-order valence-corrected chi connectivity index (χ4v) is 5.19. The average molecular weight is 667 g/mol. The van der Waals surface area contributed by atoms with Gasteiger partial charge in [0.1, 0.15) is 0 Å². The first-order valence-corrected chi connectivity index (χ1v) is 16.3. The molecule has 6 nitrogen and oxygen atoms in total. The van der Waals surface area contributed by atoms with Crippen LogP contribution in [0.3, 0.4) is 0 Å². The summed E-state index contributed by atoms with van der Waals surface area (Å²) in [7, 11) is 0. The van der Waals surface area contributed by atoms with Crippen LogP contribution >= 0.6 is 0 Å². The molecule has 48 heavy (non-hydrogen) atoms. The van der Waals surface area contributed by atoms with Crippen LogP contribution in [0.25, 0.3) is 22.3 Å². The van der Waals surface area contributed by atoms with E-state index in [0.717, 1.165) is 58.2 Å². The number of alkyl halides is 3. The van der Waals surface area contributed by atoms with Crippen LogP contribution in [0.4, 0.5) is 13.2 Å². The Kier molecular flexibility index (Phi) is 15.6. The van der Waals surface area contributed by atoms with Crippen molar-refractivity contribution in [2.45, 2.75) is 70.4 Å². The Balaban J connectivity index is 1.67. The number of carbonyl (C=O) groups excluding carboxylic acids is 2. The van der Waals surface area contributed by atoms with Gasteiger partial charge in [-0.3, -0.25) is 0 Å². The number of aliphatic hydroxyl groups is 2. The van der Waals surface area contributed by atoms with Crippen LogP contribution in [0.2, 0.25) is 0 Å². The smallest absolute Gasteiger partial charge is 0.389 e. The molecule has 3 aromatic rings. The monoisotopic (exact) mass is 666 g/mol. The molecule has 0 bridgehead atoms. The Morgan fingerprint density at radius 2 is 1.08 bits per heavy atom. The molecule has 0 spiro atoms. The lowest BCUT2D eigenvalue weighted by Gasteiger charge is -2.14. The average Bonchev–Trinajstić information content (AvgIpc) is 3.09. The number of halogens is 3. The molecule has 0 heterocycles. The van der Waals surface area contributed by atoms with E-state index >= 15 is 0 Å². The highest BCUT2D eigenvalue weighted by molar-refractivity contribution is 5.88. The first-order chi connectivity index (χ1) is 23.0. The molecule has 0 unspecified atom stereocenters. The highest BCUT2D eigenvalue weighted by atomic mass is 19.4. The van der Waals surface area contributed by atoms with Crippen LogP contribution in [0.5, 0.6) is 0 Å². The summed E-state index contributed by atoms with van der Waals surface area (Å²) in [5, 5.41) is 17.9. The van der Waals surface area contributed by atoms with Crippen molar-refractivity contribution >= 4 is 11.9 Å². The van der Waals surface area contributed by atoms with Crippen molar-refractivity contribution in [3.8, 4) is 22.3 Å². The zero-order valence-corrected chi connectivity index (χ0v) is 27.3. The van der Waals surface area contributed by atoms with Gasteiger partial charge >= 0.3 is 18.1 Å². The molecule has 3 aromatic carbocycles. The minimum atomic E-state index is -4.12. The number of carbonyl (C=O) groups is 2. The lowest BCUT2D eigenvalue weighted by atomic mass is 9.91. The van der Waals surface area contributed by atoms with E-state index in [-0.39, 0.29) is 30.8 Å². The van der Waals surface area contributed by atoms with Crippen molar-refractivity contribution in [3.05, 3.63) is 108 Å². The molecule has 0 amide bonds. The van der Waals surface area contributed by atoms with Crippen LogP contribution in [0.1, 0.15) is 61.6 Å². The molecule has 0 atom stereocenters. The van der Waals surface area contributed by atoms with Crippen LogP contribution < -0.4 is 0 Å². The molecule has 0 radical (unpaired) electrons. The maximum atomic E-state index is 12.6. The van der Waals surface area contributed by atoms with Gasteiger partial charge in [-0.2, -0.15) is 13.2 Å². The van der Waals surface area contributed by atoms with Gasteiger partial charge in [0.15, 0.2) is 0 Å². The molecule has 2 N–H and O–H groups in total. The molecule has 258 valence electrons. The summed E-state index contributed by atoms with van der Waals surface area (Å²) in [6, 6.07) is 22.7. The van der Waals surface area contributed by atoms with Gasteiger partial charge in [0.05, 0.1) is 37.6 Å². The number of unbranched alkanes of at least 4 members (excludes halogenated alkanes) is 3. The largest absolute Gasteiger partial charge is 0.462 e. The van der Waals surface area contributed by atoms with Crippen molar-refractivity contribution in [3.63, 3.8) is 0 Å². The van der Waals surface area contributed by atoms with Crippen molar-refractivity contribution in [2.75, 3.05) is 26.4 Å². The maximum absolute atomic E-state index is 12.6. The number of esters is 2. The van der Waals surface area contributed by atoms with Crippen molar-refractivity contribution in [2.24, 2.45) is 0 Å². The van der Waals surface area contributed by atoms with Gasteiger partial charge in [0.25, 0.3) is 0 Å². The van der Waals surface area contributed by atoms with E-state index in [1.165, 1.54) is 0 Å². The lowest BCUT2D eigenvalue weighted by Crippen LogP contribution is -2.11. The van der Waals surface area contributed by atoms with Gasteiger partial charge in [-0.15, -0.1) is 0 Å². The molecular formula is C39H45F3O6. The van der Waals surface area contributed by atoms with E-state index < -0.39 is 37.7 Å². The maximum Gasteiger partial charge on any atom is 0.389 e. The Bertz CT molecular complexity index is 1490. The van der Waals surface area contributed by atoms with Gasteiger partial charge in [-0.1, -0.05) is 92.7 Å². The zero-order chi connectivity index (χ0) is 34.9. The van der Waals surface area contributed by atoms with Crippen LogP contribution in [-0.2, 0) is 38.3 Å². The van der Waals surface area contributed by atoms with E-state index in [4.69, 9.17) is 19.7 Å².